The fraction of sp³-hybridized carbons (Fsp3) is 0.182. The van der Waals surface area contributed by atoms with Crippen LogP contribution in [0.25, 0.3) is 11.1 Å². The summed E-state index contributed by atoms with van der Waals surface area (Å²) in [6.07, 6.45) is 3.83. The molecule has 2 aromatic rings. The molecule has 2 heterocycles. The Morgan fingerprint density at radius 2 is 2.31 bits per heavy atom. The third-order valence-corrected chi connectivity index (χ3v) is 2.14. The zero-order valence-electron chi connectivity index (χ0n) is 7.91. The molecule has 0 bridgehead atoms. The van der Waals surface area contributed by atoms with Crippen LogP contribution in [0.15, 0.2) is 31.1 Å². The molecular formula is C11H12N2. The highest BCUT2D eigenvalue weighted by atomic mass is 15.2. The zero-order chi connectivity index (χ0) is 9.42. The lowest BCUT2D eigenvalue weighted by molar-refractivity contribution is 0.958. The van der Waals surface area contributed by atoms with Gasteiger partial charge in [0.15, 0.2) is 0 Å². The number of aryl methyl sites for hydroxylation is 1. The SMILES string of the molecule is C=C(C)c1cnn2ccc(C)cc12. The third kappa shape index (κ3) is 1.24. The smallest absolute Gasteiger partial charge is 0.0739 e. The molecule has 0 aliphatic heterocycles. The minimum atomic E-state index is 1.06. The fourth-order valence-corrected chi connectivity index (χ4v) is 1.42. The monoisotopic (exact) mass is 172 g/mol. The minimum Gasteiger partial charge on any atom is -0.240 e. The highest BCUT2D eigenvalue weighted by molar-refractivity contribution is 5.75. The second kappa shape index (κ2) is 2.73. The zero-order valence-corrected chi connectivity index (χ0v) is 7.91. The molecule has 0 spiro atoms. The second-order valence-corrected chi connectivity index (χ2v) is 3.37. The van der Waals surface area contributed by atoms with Crippen molar-refractivity contribution in [3.05, 3.63) is 42.2 Å². The van der Waals surface area contributed by atoms with Crippen molar-refractivity contribution in [1.82, 2.24) is 9.61 Å². The average molecular weight is 172 g/mol. The number of fused-ring (bicyclic) bond motifs is 1. The predicted molar refractivity (Wildman–Crippen MR) is 54.6 cm³/mol. The van der Waals surface area contributed by atoms with Gasteiger partial charge in [0.05, 0.1) is 11.7 Å². The first kappa shape index (κ1) is 8.05. The Morgan fingerprint density at radius 1 is 1.54 bits per heavy atom. The Balaban J connectivity index is 2.79. The standard InChI is InChI=1S/C11H12N2/c1-8(2)10-7-12-13-5-4-9(3)6-11(10)13/h4-7H,1H2,2-3H3. The molecule has 0 aliphatic carbocycles. The first-order chi connectivity index (χ1) is 6.18. The van der Waals surface area contributed by atoms with Crippen LogP contribution in [0, 0.1) is 6.92 Å². The number of hydrogen-bond donors (Lipinski definition) is 0. The number of aromatic nitrogens is 2. The van der Waals surface area contributed by atoms with Crippen molar-refractivity contribution < 1.29 is 0 Å². The van der Waals surface area contributed by atoms with E-state index in [1.54, 1.807) is 0 Å². The summed E-state index contributed by atoms with van der Waals surface area (Å²) < 4.78 is 1.87. The Bertz CT molecular complexity index is 466. The molecule has 0 aliphatic rings. The van der Waals surface area contributed by atoms with Gasteiger partial charge in [0, 0.05) is 11.8 Å². The van der Waals surface area contributed by atoms with Crippen molar-refractivity contribution in [1.29, 1.82) is 0 Å². The van der Waals surface area contributed by atoms with Gasteiger partial charge in [-0.05, 0) is 37.1 Å². The maximum Gasteiger partial charge on any atom is 0.0739 e. The van der Waals surface area contributed by atoms with Gasteiger partial charge in [0.1, 0.15) is 0 Å². The molecule has 0 aromatic carbocycles. The molecule has 0 amide bonds. The molecular weight excluding hydrogens is 160 g/mol. The van der Waals surface area contributed by atoms with Crippen molar-refractivity contribution >= 4 is 11.1 Å². The van der Waals surface area contributed by atoms with Crippen LogP contribution >= 0.6 is 0 Å². The highest BCUT2D eigenvalue weighted by Gasteiger charge is 2.03. The first-order valence-electron chi connectivity index (χ1n) is 4.28. The maximum atomic E-state index is 4.24. The lowest BCUT2D eigenvalue weighted by atomic mass is 10.1. The van der Waals surface area contributed by atoms with Crippen molar-refractivity contribution in [2.24, 2.45) is 0 Å². The Labute approximate surface area is 77.5 Å². The van der Waals surface area contributed by atoms with E-state index in [2.05, 4.69) is 24.7 Å². The molecule has 2 heteroatoms. The van der Waals surface area contributed by atoms with Crippen molar-refractivity contribution in [3.63, 3.8) is 0 Å². The molecule has 0 atom stereocenters. The van der Waals surface area contributed by atoms with Crippen LogP contribution in [0.1, 0.15) is 18.1 Å². The van der Waals surface area contributed by atoms with E-state index in [1.807, 2.05) is 29.9 Å². The van der Waals surface area contributed by atoms with E-state index in [0.717, 1.165) is 16.7 Å². The van der Waals surface area contributed by atoms with Gasteiger partial charge in [-0.25, -0.2) is 4.52 Å². The van der Waals surface area contributed by atoms with Crippen LogP contribution in [-0.2, 0) is 0 Å². The van der Waals surface area contributed by atoms with Gasteiger partial charge < -0.3 is 0 Å². The number of allylic oxidation sites excluding steroid dienone is 1. The van der Waals surface area contributed by atoms with Crippen LogP contribution in [-0.4, -0.2) is 9.61 Å². The maximum absolute atomic E-state index is 4.24. The van der Waals surface area contributed by atoms with Gasteiger partial charge in [0.25, 0.3) is 0 Å². The lowest BCUT2D eigenvalue weighted by Crippen LogP contribution is -1.86. The average Bonchev–Trinajstić information content (AvgIpc) is 2.46. The van der Waals surface area contributed by atoms with E-state index in [0.29, 0.717) is 0 Å². The van der Waals surface area contributed by atoms with Gasteiger partial charge in [-0.15, -0.1) is 0 Å². The van der Waals surface area contributed by atoms with Gasteiger partial charge in [-0.1, -0.05) is 6.58 Å². The van der Waals surface area contributed by atoms with E-state index >= 15 is 0 Å². The van der Waals surface area contributed by atoms with Crippen molar-refractivity contribution in [2.75, 3.05) is 0 Å². The van der Waals surface area contributed by atoms with E-state index in [9.17, 15) is 0 Å². The van der Waals surface area contributed by atoms with Crippen LogP contribution in [0.3, 0.4) is 0 Å². The third-order valence-electron chi connectivity index (χ3n) is 2.14. The molecule has 0 saturated carbocycles. The normalized spacial score (nSPS) is 10.6. The molecule has 0 saturated heterocycles. The number of nitrogens with zero attached hydrogens (tertiary/aromatic N) is 2. The second-order valence-electron chi connectivity index (χ2n) is 3.37. The molecule has 0 N–H and O–H groups in total. The number of hydrogen-bond acceptors (Lipinski definition) is 1. The van der Waals surface area contributed by atoms with Crippen molar-refractivity contribution in [2.45, 2.75) is 13.8 Å². The molecule has 2 rings (SSSR count). The fourth-order valence-electron chi connectivity index (χ4n) is 1.42. The number of pyridine rings is 1. The molecule has 2 aromatic heterocycles. The molecule has 0 radical (unpaired) electrons. The van der Waals surface area contributed by atoms with E-state index in [-0.39, 0.29) is 0 Å². The summed E-state index contributed by atoms with van der Waals surface area (Å²) in [5.41, 5.74) is 4.56. The highest BCUT2D eigenvalue weighted by Crippen LogP contribution is 2.18. The topological polar surface area (TPSA) is 17.3 Å². The summed E-state index contributed by atoms with van der Waals surface area (Å²) in [6, 6.07) is 4.17. The predicted octanol–water partition coefficient (Wildman–Crippen LogP) is 2.68. The van der Waals surface area contributed by atoms with Gasteiger partial charge >= 0.3 is 0 Å². The molecule has 66 valence electrons. The lowest BCUT2D eigenvalue weighted by Gasteiger charge is -1.98. The van der Waals surface area contributed by atoms with Crippen molar-refractivity contribution in [3.8, 4) is 0 Å². The summed E-state index contributed by atoms with van der Waals surface area (Å²) in [5, 5.41) is 4.24. The molecule has 0 unspecified atom stereocenters. The van der Waals surface area contributed by atoms with Gasteiger partial charge in [-0.2, -0.15) is 5.10 Å². The largest absolute Gasteiger partial charge is 0.240 e. The Kier molecular flexibility index (Phi) is 1.69. The summed E-state index contributed by atoms with van der Waals surface area (Å²) >= 11 is 0. The summed E-state index contributed by atoms with van der Waals surface area (Å²) in [5.74, 6) is 0. The molecule has 0 fully saturated rings. The summed E-state index contributed by atoms with van der Waals surface area (Å²) in [6.45, 7) is 8.00. The van der Waals surface area contributed by atoms with Crippen LogP contribution < -0.4 is 0 Å². The van der Waals surface area contributed by atoms with Gasteiger partial charge in [-0.3, -0.25) is 0 Å². The van der Waals surface area contributed by atoms with Gasteiger partial charge in [0.2, 0.25) is 0 Å². The van der Waals surface area contributed by atoms with Crippen LogP contribution in [0.5, 0.6) is 0 Å². The van der Waals surface area contributed by atoms with E-state index < -0.39 is 0 Å². The quantitative estimate of drug-likeness (QED) is 0.646. The molecule has 13 heavy (non-hydrogen) atoms. The van der Waals surface area contributed by atoms with E-state index in [1.165, 1.54) is 5.56 Å². The summed E-state index contributed by atoms with van der Waals surface area (Å²) in [7, 11) is 0. The van der Waals surface area contributed by atoms with Crippen LogP contribution in [0.2, 0.25) is 0 Å². The summed E-state index contributed by atoms with van der Waals surface area (Å²) in [4.78, 5) is 0. The van der Waals surface area contributed by atoms with Crippen LogP contribution in [0.4, 0.5) is 0 Å². The number of rotatable bonds is 1. The molecule has 2 nitrogen and oxygen atoms in total. The Hall–Kier alpha value is -1.57. The van der Waals surface area contributed by atoms with E-state index in [4.69, 9.17) is 0 Å². The minimum absolute atomic E-state index is 1.06. The Morgan fingerprint density at radius 3 is 3.00 bits per heavy atom. The first-order valence-corrected chi connectivity index (χ1v) is 4.28.